The van der Waals surface area contributed by atoms with Gasteiger partial charge in [0.15, 0.2) is 0 Å². The maximum Gasteiger partial charge on any atom is 0.224 e. The Bertz CT molecular complexity index is 865. The van der Waals surface area contributed by atoms with Gasteiger partial charge < -0.3 is 10.6 Å². The van der Waals surface area contributed by atoms with E-state index in [-0.39, 0.29) is 21.6 Å². The average Bonchev–Trinajstić information content (AvgIpc) is 2.64. The molecule has 0 heterocycles. The Kier molecular flexibility index (Phi) is 5.16. The molecule has 0 aromatic heterocycles. The van der Waals surface area contributed by atoms with Crippen LogP contribution in [0.25, 0.3) is 0 Å². The third kappa shape index (κ3) is 3.66. The number of Topliss-reactive ketones (excluding diaryl/α,β-unsaturated/α-hetero) is 1. The molecule has 0 amide bonds. The van der Waals surface area contributed by atoms with E-state index in [1.54, 1.807) is 0 Å². The predicted molar refractivity (Wildman–Crippen MR) is 105 cm³/mol. The number of hydrogen-bond acceptors (Lipinski definition) is 3. The molecule has 0 saturated heterocycles. The Morgan fingerprint density at radius 2 is 1.35 bits per heavy atom. The zero-order valence-electron chi connectivity index (χ0n) is 13.9. The molecule has 0 fully saturated rings. The first-order chi connectivity index (χ1) is 12.4. The lowest BCUT2D eigenvalue weighted by atomic mass is 10.0. The highest BCUT2D eigenvalue weighted by atomic mass is 35.5. The van der Waals surface area contributed by atoms with Gasteiger partial charge in [-0.15, -0.1) is 0 Å². The molecular weight excluding hydrogens is 374 g/mol. The minimum Gasteiger partial charge on any atom is -0.354 e. The lowest BCUT2D eigenvalue weighted by Gasteiger charge is -2.23. The monoisotopic (exact) mass is 388 g/mol. The van der Waals surface area contributed by atoms with Gasteiger partial charge in [-0.05, 0) is 43.3 Å². The Hall–Kier alpha value is -2.56. The average molecular weight is 389 g/mol. The number of rotatable bonds is 4. The van der Waals surface area contributed by atoms with Gasteiger partial charge in [0, 0.05) is 16.9 Å². The molecular formula is C20H15Cl2FN2O. The van der Waals surface area contributed by atoms with Gasteiger partial charge in [-0.1, -0.05) is 47.5 Å². The van der Waals surface area contributed by atoms with Crippen LogP contribution in [0.3, 0.4) is 0 Å². The van der Waals surface area contributed by atoms with Crippen molar-refractivity contribution < 1.29 is 9.18 Å². The number of nitrogens with one attached hydrogen (secondary N) is 2. The maximum absolute atomic E-state index is 13.1. The molecule has 0 radical (unpaired) electrons. The fourth-order valence-electron chi connectivity index (χ4n) is 2.42. The summed E-state index contributed by atoms with van der Waals surface area (Å²) in [5.41, 5.74) is 3.20. The standard InChI is InChI=1S/C20H15Cl2FN2O/c1-11-3-7-14(8-4-11)25-19-16(21)12(2)18(17(22)20(19)26)24-15-9-5-13(23)6-10-15/h3-10,24-25H,2H2,1H3. The summed E-state index contributed by atoms with van der Waals surface area (Å²) >= 11 is 12.6. The van der Waals surface area contributed by atoms with Crippen molar-refractivity contribution in [1.82, 2.24) is 0 Å². The van der Waals surface area contributed by atoms with Crippen LogP contribution in [-0.2, 0) is 4.79 Å². The quantitative estimate of drug-likeness (QED) is 0.705. The minimum atomic E-state index is -0.450. The van der Waals surface area contributed by atoms with Crippen LogP contribution in [0.1, 0.15) is 5.56 Å². The van der Waals surface area contributed by atoms with E-state index in [1.165, 1.54) is 24.3 Å². The lowest BCUT2D eigenvalue weighted by molar-refractivity contribution is -0.111. The van der Waals surface area contributed by atoms with Gasteiger partial charge in [0.25, 0.3) is 0 Å². The van der Waals surface area contributed by atoms with Crippen molar-refractivity contribution in [2.24, 2.45) is 0 Å². The molecule has 0 saturated carbocycles. The summed E-state index contributed by atoms with van der Waals surface area (Å²) in [6, 6.07) is 13.2. The van der Waals surface area contributed by atoms with E-state index >= 15 is 0 Å². The maximum atomic E-state index is 13.1. The molecule has 0 bridgehead atoms. The number of aryl methyl sites for hydroxylation is 1. The molecule has 1 aliphatic carbocycles. The first-order valence-electron chi connectivity index (χ1n) is 7.77. The van der Waals surface area contributed by atoms with E-state index in [0.717, 1.165) is 5.56 Å². The van der Waals surface area contributed by atoms with Gasteiger partial charge in [-0.2, -0.15) is 0 Å². The zero-order valence-corrected chi connectivity index (χ0v) is 15.4. The number of benzene rings is 2. The zero-order chi connectivity index (χ0) is 18.8. The van der Waals surface area contributed by atoms with Crippen LogP contribution < -0.4 is 10.6 Å². The molecule has 2 N–H and O–H groups in total. The fourth-order valence-corrected chi connectivity index (χ4v) is 2.90. The Balaban J connectivity index is 1.88. The highest BCUT2D eigenvalue weighted by molar-refractivity contribution is 6.49. The van der Waals surface area contributed by atoms with Crippen molar-refractivity contribution in [2.75, 3.05) is 10.6 Å². The number of ketones is 1. The van der Waals surface area contributed by atoms with Crippen LogP contribution in [0, 0.1) is 12.7 Å². The molecule has 26 heavy (non-hydrogen) atoms. The molecule has 0 unspecified atom stereocenters. The van der Waals surface area contributed by atoms with Gasteiger partial charge in [0.2, 0.25) is 5.78 Å². The second kappa shape index (κ2) is 7.36. The van der Waals surface area contributed by atoms with Gasteiger partial charge in [0.05, 0.1) is 10.7 Å². The van der Waals surface area contributed by atoms with Crippen molar-refractivity contribution in [3.05, 3.63) is 93.5 Å². The number of carbonyl (C=O) groups is 1. The van der Waals surface area contributed by atoms with Gasteiger partial charge in [-0.3, -0.25) is 4.79 Å². The van der Waals surface area contributed by atoms with Crippen molar-refractivity contribution in [3.8, 4) is 0 Å². The summed E-state index contributed by atoms with van der Waals surface area (Å²) in [7, 11) is 0. The number of anilines is 2. The largest absolute Gasteiger partial charge is 0.354 e. The Labute approximate surface area is 160 Å². The first-order valence-corrected chi connectivity index (χ1v) is 8.52. The molecule has 0 atom stereocenters. The molecule has 0 spiro atoms. The van der Waals surface area contributed by atoms with Crippen LogP contribution in [0.2, 0.25) is 0 Å². The van der Waals surface area contributed by atoms with Crippen LogP contribution in [0.4, 0.5) is 15.8 Å². The van der Waals surface area contributed by atoms with Crippen molar-refractivity contribution >= 4 is 40.4 Å². The fraction of sp³-hybridized carbons (Fsp3) is 0.0500. The Morgan fingerprint density at radius 1 is 0.846 bits per heavy atom. The summed E-state index contributed by atoms with van der Waals surface area (Å²) in [5, 5.41) is 6.10. The van der Waals surface area contributed by atoms with Crippen LogP contribution in [0.5, 0.6) is 0 Å². The summed E-state index contributed by atoms with van der Waals surface area (Å²) in [4.78, 5) is 12.7. The van der Waals surface area contributed by atoms with Gasteiger partial charge in [-0.25, -0.2) is 4.39 Å². The Morgan fingerprint density at radius 3 is 1.92 bits per heavy atom. The first kappa shape index (κ1) is 18.2. The number of halogens is 3. The van der Waals surface area contributed by atoms with E-state index in [4.69, 9.17) is 23.2 Å². The van der Waals surface area contributed by atoms with E-state index in [9.17, 15) is 9.18 Å². The van der Waals surface area contributed by atoms with Crippen molar-refractivity contribution in [1.29, 1.82) is 0 Å². The lowest BCUT2D eigenvalue weighted by Crippen LogP contribution is -2.22. The van der Waals surface area contributed by atoms with E-state index in [0.29, 0.717) is 22.6 Å². The summed E-state index contributed by atoms with van der Waals surface area (Å²) < 4.78 is 13.1. The molecule has 2 aromatic rings. The molecule has 3 nitrogen and oxygen atoms in total. The van der Waals surface area contributed by atoms with Gasteiger partial charge in [0.1, 0.15) is 16.5 Å². The molecule has 3 rings (SSSR count). The molecule has 6 heteroatoms. The van der Waals surface area contributed by atoms with Crippen LogP contribution >= 0.6 is 23.2 Å². The number of hydrogen-bond donors (Lipinski definition) is 2. The molecule has 0 aliphatic heterocycles. The summed E-state index contributed by atoms with van der Waals surface area (Å²) in [5.74, 6) is -0.814. The number of carbonyl (C=O) groups excluding carboxylic acids is 1. The highest BCUT2D eigenvalue weighted by Crippen LogP contribution is 2.36. The van der Waals surface area contributed by atoms with Crippen molar-refractivity contribution in [3.63, 3.8) is 0 Å². The third-order valence-corrected chi connectivity index (χ3v) is 4.64. The van der Waals surface area contributed by atoms with Crippen LogP contribution in [0.15, 0.2) is 82.1 Å². The number of allylic oxidation sites excluding steroid dienone is 2. The molecule has 132 valence electrons. The van der Waals surface area contributed by atoms with E-state index < -0.39 is 5.78 Å². The predicted octanol–water partition coefficient (Wildman–Crippen LogP) is 5.70. The topological polar surface area (TPSA) is 41.1 Å². The minimum absolute atomic E-state index is 0.0432. The second-order valence-corrected chi connectivity index (χ2v) is 6.56. The summed E-state index contributed by atoms with van der Waals surface area (Å²) in [6.07, 6.45) is 0. The van der Waals surface area contributed by atoms with E-state index in [2.05, 4.69) is 17.2 Å². The van der Waals surface area contributed by atoms with Crippen LogP contribution in [-0.4, -0.2) is 5.78 Å². The highest BCUT2D eigenvalue weighted by Gasteiger charge is 2.30. The molecule has 1 aliphatic rings. The SMILES string of the molecule is C=C1C(Cl)=C(Nc2ccc(C)cc2)C(=O)C(Cl)=C1Nc1ccc(F)cc1. The molecule has 2 aromatic carbocycles. The third-order valence-electron chi connectivity index (χ3n) is 3.87. The van der Waals surface area contributed by atoms with E-state index in [1.807, 2.05) is 31.2 Å². The second-order valence-electron chi connectivity index (χ2n) is 5.81. The van der Waals surface area contributed by atoms with Crippen molar-refractivity contribution in [2.45, 2.75) is 6.92 Å². The van der Waals surface area contributed by atoms with Gasteiger partial charge >= 0.3 is 0 Å². The smallest absolute Gasteiger partial charge is 0.224 e. The normalized spacial score (nSPS) is 14.8. The summed E-state index contributed by atoms with van der Waals surface area (Å²) in [6.45, 7) is 5.89.